The van der Waals surface area contributed by atoms with Crippen molar-refractivity contribution in [3.8, 4) is 0 Å². The number of carboxylic acid groups (broad SMARTS) is 1. The van der Waals surface area contributed by atoms with Crippen LogP contribution in [-0.2, 0) is 19.2 Å². The molecule has 0 spiro atoms. The normalized spacial score (nSPS) is 19.7. The Bertz CT molecular complexity index is 613. The van der Waals surface area contributed by atoms with E-state index in [0.717, 1.165) is 0 Å². The van der Waals surface area contributed by atoms with E-state index in [1.54, 1.807) is 13.8 Å². The molecule has 0 bridgehead atoms. The number of nitrogens with one attached hydrogen (secondary N) is 2. The van der Waals surface area contributed by atoms with Crippen molar-refractivity contribution in [1.82, 2.24) is 15.5 Å². The van der Waals surface area contributed by atoms with Crippen molar-refractivity contribution in [3.63, 3.8) is 0 Å². The fourth-order valence-electron chi connectivity index (χ4n) is 3.30. The van der Waals surface area contributed by atoms with Gasteiger partial charge < -0.3 is 26.4 Å². The molecular weight excluding hydrogens is 396 g/mol. The van der Waals surface area contributed by atoms with Crippen LogP contribution in [0.15, 0.2) is 0 Å². The summed E-state index contributed by atoms with van der Waals surface area (Å²) in [6, 6.07) is -3.42. The average molecular weight is 431 g/mol. The number of nitrogens with two attached hydrogens (primary N) is 1. The van der Waals surface area contributed by atoms with E-state index in [4.69, 9.17) is 5.73 Å². The number of hydrogen-bond acceptors (Lipinski definition) is 6. The predicted molar refractivity (Wildman–Crippen MR) is 112 cm³/mol. The van der Waals surface area contributed by atoms with E-state index in [2.05, 4.69) is 23.3 Å². The first-order valence-electron chi connectivity index (χ1n) is 10.00. The Balaban J connectivity index is 2.91. The Kier molecular flexibility index (Phi) is 9.91. The van der Waals surface area contributed by atoms with E-state index in [9.17, 15) is 24.3 Å². The van der Waals surface area contributed by atoms with Gasteiger partial charge in [-0.1, -0.05) is 27.7 Å². The minimum Gasteiger partial charge on any atom is -0.480 e. The van der Waals surface area contributed by atoms with Gasteiger partial charge in [-0.15, -0.1) is 0 Å². The minimum atomic E-state index is -1.10. The van der Waals surface area contributed by atoms with Crippen LogP contribution < -0.4 is 16.4 Å². The Morgan fingerprint density at radius 2 is 1.79 bits per heavy atom. The van der Waals surface area contributed by atoms with Gasteiger partial charge in [0.05, 0.1) is 6.04 Å². The molecule has 0 saturated carbocycles. The standard InChI is InChI=1S/C19H34N4O5S/c1-10(2)8-13(19(27)28)21-17(25)14-6-5-7-23(14)18(26)15(11(3)4)22-16(24)12(20)9-29/h10-15,29H,5-9,20H2,1-4H3,(H,21,25)(H,22,24)(H,27,28). The molecule has 10 heteroatoms. The number of thiol groups is 1. The van der Waals surface area contributed by atoms with Crippen molar-refractivity contribution in [2.45, 2.75) is 71.1 Å². The molecule has 0 aromatic rings. The second-order valence-corrected chi connectivity index (χ2v) is 8.60. The number of aliphatic carboxylic acids is 1. The molecule has 1 saturated heterocycles. The van der Waals surface area contributed by atoms with Gasteiger partial charge in [0, 0.05) is 12.3 Å². The zero-order valence-corrected chi connectivity index (χ0v) is 18.4. The zero-order chi connectivity index (χ0) is 22.3. The lowest BCUT2D eigenvalue weighted by Crippen LogP contribution is -2.58. The lowest BCUT2D eigenvalue weighted by atomic mass is 10.0. The molecule has 4 unspecified atom stereocenters. The van der Waals surface area contributed by atoms with Crippen molar-refractivity contribution in [2.75, 3.05) is 12.3 Å². The molecule has 9 nitrogen and oxygen atoms in total. The molecule has 4 atom stereocenters. The van der Waals surface area contributed by atoms with E-state index < -0.39 is 42.0 Å². The topological polar surface area (TPSA) is 142 Å². The summed E-state index contributed by atoms with van der Waals surface area (Å²) in [5.74, 6) is -2.40. The molecule has 1 aliphatic heterocycles. The van der Waals surface area contributed by atoms with Crippen LogP contribution in [0.2, 0.25) is 0 Å². The number of hydrogen-bond donors (Lipinski definition) is 5. The summed E-state index contributed by atoms with van der Waals surface area (Å²) in [7, 11) is 0. The van der Waals surface area contributed by atoms with Crippen molar-refractivity contribution in [3.05, 3.63) is 0 Å². The Labute approximate surface area is 177 Å². The number of carboxylic acids is 1. The van der Waals surface area contributed by atoms with Gasteiger partial charge in [0.25, 0.3) is 0 Å². The van der Waals surface area contributed by atoms with Crippen LogP contribution in [0.25, 0.3) is 0 Å². The van der Waals surface area contributed by atoms with Gasteiger partial charge in [0.2, 0.25) is 17.7 Å². The maximum absolute atomic E-state index is 13.1. The van der Waals surface area contributed by atoms with Gasteiger partial charge in [-0.2, -0.15) is 12.6 Å². The molecule has 5 N–H and O–H groups in total. The first-order chi connectivity index (χ1) is 13.5. The maximum atomic E-state index is 13.1. The van der Waals surface area contributed by atoms with Crippen molar-refractivity contribution < 1.29 is 24.3 Å². The third kappa shape index (κ3) is 7.18. The molecule has 29 heavy (non-hydrogen) atoms. The van der Waals surface area contributed by atoms with Crippen LogP contribution in [0.3, 0.4) is 0 Å². The summed E-state index contributed by atoms with van der Waals surface area (Å²) in [5, 5.41) is 14.6. The molecule has 3 amide bonds. The van der Waals surface area contributed by atoms with E-state index in [-0.39, 0.29) is 23.5 Å². The van der Waals surface area contributed by atoms with Gasteiger partial charge >= 0.3 is 5.97 Å². The molecule has 0 aromatic heterocycles. The third-order valence-electron chi connectivity index (χ3n) is 4.92. The van der Waals surface area contributed by atoms with Gasteiger partial charge in [0.15, 0.2) is 0 Å². The molecule has 166 valence electrons. The largest absolute Gasteiger partial charge is 0.480 e. The van der Waals surface area contributed by atoms with Crippen LogP contribution in [0.4, 0.5) is 0 Å². The van der Waals surface area contributed by atoms with Crippen LogP contribution in [0.1, 0.15) is 47.0 Å². The highest BCUT2D eigenvalue weighted by molar-refractivity contribution is 7.80. The highest BCUT2D eigenvalue weighted by Gasteiger charge is 2.39. The molecule has 0 aliphatic carbocycles. The van der Waals surface area contributed by atoms with Gasteiger partial charge in [-0.3, -0.25) is 14.4 Å². The highest BCUT2D eigenvalue weighted by Crippen LogP contribution is 2.21. The summed E-state index contributed by atoms with van der Waals surface area (Å²) < 4.78 is 0. The third-order valence-corrected chi connectivity index (χ3v) is 5.32. The fourth-order valence-corrected chi connectivity index (χ4v) is 3.47. The molecule has 0 aromatic carbocycles. The molecule has 1 heterocycles. The number of rotatable bonds is 10. The quantitative estimate of drug-likeness (QED) is 0.309. The lowest BCUT2D eigenvalue weighted by molar-refractivity contribution is -0.145. The van der Waals surface area contributed by atoms with Gasteiger partial charge in [-0.25, -0.2) is 4.79 Å². The second-order valence-electron chi connectivity index (χ2n) is 8.24. The van der Waals surface area contributed by atoms with Crippen molar-refractivity contribution in [2.24, 2.45) is 17.6 Å². The summed E-state index contributed by atoms with van der Waals surface area (Å²) >= 11 is 4.00. The van der Waals surface area contributed by atoms with E-state index in [1.165, 1.54) is 4.90 Å². The fraction of sp³-hybridized carbons (Fsp3) is 0.789. The summed E-state index contributed by atoms with van der Waals surface area (Å²) in [4.78, 5) is 50.9. The molecule has 1 rings (SSSR count). The predicted octanol–water partition coefficient (Wildman–Crippen LogP) is -0.00920. The van der Waals surface area contributed by atoms with Gasteiger partial charge in [-0.05, 0) is 31.1 Å². The van der Waals surface area contributed by atoms with Crippen LogP contribution >= 0.6 is 12.6 Å². The van der Waals surface area contributed by atoms with Crippen LogP contribution in [-0.4, -0.2) is 70.2 Å². The van der Waals surface area contributed by atoms with Crippen molar-refractivity contribution >= 4 is 36.3 Å². The molecule has 1 fully saturated rings. The summed E-state index contributed by atoms with van der Waals surface area (Å²) in [6.07, 6.45) is 1.37. The molecule has 0 radical (unpaired) electrons. The highest BCUT2D eigenvalue weighted by atomic mass is 32.1. The number of amides is 3. The van der Waals surface area contributed by atoms with Crippen LogP contribution in [0.5, 0.6) is 0 Å². The second kappa shape index (κ2) is 11.4. The smallest absolute Gasteiger partial charge is 0.326 e. The SMILES string of the molecule is CC(C)CC(NC(=O)C1CCCN1C(=O)C(NC(=O)C(N)CS)C(C)C)C(=O)O. The number of carbonyl (C=O) groups is 4. The first-order valence-corrected chi connectivity index (χ1v) is 10.6. The minimum absolute atomic E-state index is 0.0919. The lowest BCUT2D eigenvalue weighted by Gasteiger charge is -2.31. The monoisotopic (exact) mass is 430 g/mol. The Morgan fingerprint density at radius 1 is 1.17 bits per heavy atom. The number of likely N-dealkylation sites (tertiary alicyclic amines) is 1. The van der Waals surface area contributed by atoms with E-state index in [1.807, 2.05) is 13.8 Å². The zero-order valence-electron chi connectivity index (χ0n) is 17.6. The Morgan fingerprint density at radius 3 is 2.28 bits per heavy atom. The number of nitrogens with zero attached hydrogens (tertiary/aromatic N) is 1. The Hall–Kier alpha value is -1.81. The molecular formula is C19H34N4O5S. The number of carbonyl (C=O) groups excluding carboxylic acids is 3. The van der Waals surface area contributed by atoms with Crippen molar-refractivity contribution in [1.29, 1.82) is 0 Å². The average Bonchev–Trinajstić information content (AvgIpc) is 3.13. The van der Waals surface area contributed by atoms with Gasteiger partial charge in [0.1, 0.15) is 18.1 Å². The molecule has 1 aliphatic rings. The summed E-state index contributed by atoms with van der Waals surface area (Å²) in [6.45, 7) is 7.71. The first kappa shape index (κ1) is 25.2. The summed E-state index contributed by atoms with van der Waals surface area (Å²) in [5.41, 5.74) is 5.68. The van der Waals surface area contributed by atoms with E-state index in [0.29, 0.717) is 25.8 Å². The van der Waals surface area contributed by atoms with Crippen LogP contribution in [0, 0.1) is 11.8 Å². The maximum Gasteiger partial charge on any atom is 0.326 e. The van der Waals surface area contributed by atoms with E-state index >= 15 is 0 Å².